The van der Waals surface area contributed by atoms with Gasteiger partial charge in [0.2, 0.25) is 10.0 Å². The Hall–Kier alpha value is -0.560. The van der Waals surface area contributed by atoms with Gasteiger partial charge in [0.25, 0.3) is 0 Å². The Bertz CT molecular complexity index is 537. The summed E-state index contributed by atoms with van der Waals surface area (Å²) in [6.07, 6.45) is 0.865. The molecule has 1 spiro atoms. The van der Waals surface area contributed by atoms with E-state index in [2.05, 4.69) is 0 Å². The molecule has 21 heavy (non-hydrogen) atoms. The van der Waals surface area contributed by atoms with E-state index < -0.39 is 6.10 Å². The molecule has 1 aromatic carbocycles. The van der Waals surface area contributed by atoms with Gasteiger partial charge in [0.1, 0.15) is 17.3 Å². The Balaban J connectivity index is 2.23. The van der Waals surface area contributed by atoms with Crippen molar-refractivity contribution in [2.24, 2.45) is 0 Å². The lowest BCUT2D eigenvalue weighted by Gasteiger charge is -2.36. The van der Waals surface area contributed by atoms with E-state index in [1.807, 2.05) is 23.9 Å². The molecule has 116 valence electrons. The van der Waals surface area contributed by atoms with Crippen LogP contribution in [0.15, 0.2) is 12.1 Å². The minimum atomic E-state index is -0.398. The fraction of sp³-hybridized carbons (Fsp3) is 0.600. The van der Waals surface area contributed by atoms with Gasteiger partial charge in [-0.1, -0.05) is 11.8 Å². The summed E-state index contributed by atoms with van der Waals surface area (Å²) in [6, 6.07) is 3.84. The Kier molecular flexibility index (Phi) is 4.32. The average molecular weight is 329 g/mol. The molecule has 6 heteroatoms. The third-order valence-corrected chi connectivity index (χ3v) is 9.16. The zero-order valence-corrected chi connectivity index (χ0v) is 13.9. The molecule has 0 saturated carbocycles. The highest BCUT2D eigenvalue weighted by Crippen LogP contribution is 2.58. The maximum absolute atomic E-state index is 10.4. The van der Waals surface area contributed by atoms with Crippen LogP contribution in [0, 0.1) is 0 Å². The first-order valence-corrected chi connectivity index (χ1v) is 9.56. The molecule has 1 fully saturated rings. The lowest BCUT2D eigenvalue weighted by Crippen LogP contribution is -2.41. The second kappa shape index (κ2) is 5.91. The van der Waals surface area contributed by atoms with Crippen LogP contribution in [0.1, 0.15) is 17.5 Å². The molecule has 2 aliphatic rings. The molecule has 1 heterocycles. The predicted molar refractivity (Wildman–Crippen MR) is 87.3 cm³/mol. The van der Waals surface area contributed by atoms with Crippen LogP contribution in [-0.4, -0.2) is 48.0 Å². The second-order valence-electron chi connectivity index (χ2n) is 5.31. The van der Waals surface area contributed by atoms with Crippen LogP contribution in [0.25, 0.3) is 0 Å². The quantitative estimate of drug-likeness (QED) is 0.823. The third kappa shape index (κ3) is 2.32. The SMILES string of the molecule is COc1ccc(OC)c2c1CC(O)CC21SCC[S+]1CO. The van der Waals surface area contributed by atoms with Gasteiger partial charge in [0, 0.05) is 35.1 Å². The first-order chi connectivity index (χ1) is 10.2. The number of fused-ring (bicyclic) bond motifs is 2. The number of hydrogen-bond acceptors (Lipinski definition) is 5. The van der Waals surface area contributed by atoms with Crippen molar-refractivity contribution in [1.29, 1.82) is 0 Å². The van der Waals surface area contributed by atoms with Crippen molar-refractivity contribution in [2.45, 2.75) is 23.0 Å². The van der Waals surface area contributed by atoms with Gasteiger partial charge in [-0.3, -0.25) is 0 Å². The fourth-order valence-corrected chi connectivity index (χ4v) is 8.51. The Morgan fingerprint density at radius 1 is 1.33 bits per heavy atom. The lowest BCUT2D eigenvalue weighted by atomic mass is 9.87. The van der Waals surface area contributed by atoms with Gasteiger partial charge in [-0.05, 0) is 12.1 Å². The molecule has 0 radical (unpaired) electrons. The van der Waals surface area contributed by atoms with Gasteiger partial charge in [-0.2, -0.15) is 0 Å². The van der Waals surface area contributed by atoms with Crippen LogP contribution >= 0.6 is 11.8 Å². The van der Waals surface area contributed by atoms with Gasteiger partial charge < -0.3 is 19.7 Å². The Morgan fingerprint density at radius 3 is 2.71 bits per heavy atom. The first kappa shape index (κ1) is 15.3. The fourth-order valence-electron chi connectivity index (χ4n) is 3.43. The van der Waals surface area contributed by atoms with Crippen LogP contribution in [-0.2, 0) is 21.4 Å². The molecule has 3 atom stereocenters. The Morgan fingerprint density at radius 2 is 2.05 bits per heavy atom. The molecular weight excluding hydrogens is 308 g/mol. The molecule has 0 aromatic heterocycles. The molecular formula is C15H21O4S2+. The summed E-state index contributed by atoms with van der Waals surface area (Å²) in [5.41, 5.74) is 2.17. The van der Waals surface area contributed by atoms with E-state index in [4.69, 9.17) is 9.47 Å². The van der Waals surface area contributed by atoms with Gasteiger partial charge in [-0.25, -0.2) is 0 Å². The van der Waals surface area contributed by atoms with Crippen molar-refractivity contribution >= 4 is 22.7 Å². The maximum atomic E-state index is 10.4. The molecule has 1 aromatic rings. The molecule has 3 rings (SSSR count). The van der Waals surface area contributed by atoms with Crippen LogP contribution in [0.5, 0.6) is 11.5 Å². The summed E-state index contributed by atoms with van der Waals surface area (Å²) >= 11 is 1.85. The van der Waals surface area contributed by atoms with Gasteiger partial charge in [-0.15, -0.1) is 0 Å². The van der Waals surface area contributed by atoms with Crippen LogP contribution in [0.3, 0.4) is 0 Å². The lowest BCUT2D eigenvalue weighted by molar-refractivity contribution is 0.150. The van der Waals surface area contributed by atoms with Crippen molar-refractivity contribution in [3.8, 4) is 11.5 Å². The van der Waals surface area contributed by atoms with Crippen molar-refractivity contribution in [1.82, 2.24) is 0 Å². The van der Waals surface area contributed by atoms with Crippen molar-refractivity contribution in [2.75, 3.05) is 31.7 Å². The van der Waals surface area contributed by atoms with Gasteiger partial charge >= 0.3 is 0 Å². The third-order valence-electron chi connectivity index (χ3n) is 4.28. The minimum absolute atomic E-state index is 0.161. The molecule has 1 aliphatic carbocycles. The summed E-state index contributed by atoms with van der Waals surface area (Å²) in [6.45, 7) is 0. The van der Waals surface area contributed by atoms with E-state index in [-0.39, 0.29) is 20.9 Å². The van der Waals surface area contributed by atoms with Crippen LogP contribution in [0.4, 0.5) is 0 Å². The van der Waals surface area contributed by atoms with Gasteiger partial charge in [0.05, 0.1) is 25.9 Å². The highest BCUT2D eigenvalue weighted by Gasteiger charge is 2.59. The summed E-state index contributed by atoms with van der Waals surface area (Å²) < 4.78 is 10.9. The molecule has 4 nitrogen and oxygen atoms in total. The monoisotopic (exact) mass is 329 g/mol. The van der Waals surface area contributed by atoms with E-state index >= 15 is 0 Å². The maximum Gasteiger partial charge on any atom is 0.207 e. The molecule has 0 bridgehead atoms. The number of benzene rings is 1. The summed E-state index contributed by atoms with van der Waals surface area (Å²) in [4.78, 5) is 0. The van der Waals surface area contributed by atoms with Crippen LogP contribution < -0.4 is 9.47 Å². The highest BCUT2D eigenvalue weighted by atomic mass is 32.2. The highest BCUT2D eigenvalue weighted by molar-refractivity contribution is 8.19. The first-order valence-electron chi connectivity index (χ1n) is 7.01. The zero-order chi connectivity index (χ0) is 15.0. The van der Waals surface area contributed by atoms with E-state index in [0.717, 1.165) is 34.1 Å². The van der Waals surface area contributed by atoms with E-state index in [9.17, 15) is 10.2 Å². The van der Waals surface area contributed by atoms with Crippen molar-refractivity contribution in [3.63, 3.8) is 0 Å². The average Bonchev–Trinajstić information content (AvgIpc) is 2.88. The summed E-state index contributed by atoms with van der Waals surface area (Å²) in [5.74, 6) is 3.82. The summed E-state index contributed by atoms with van der Waals surface area (Å²) in [5, 5.41) is 20.2. The Labute approximate surface area is 132 Å². The number of hydrogen-bond donors (Lipinski definition) is 2. The number of aliphatic hydroxyl groups is 2. The molecule has 3 unspecified atom stereocenters. The van der Waals surface area contributed by atoms with E-state index in [1.54, 1.807) is 14.2 Å². The normalized spacial score (nSPS) is 31.2. The smallest absolute Gasteiger partial charge is 0.207 e. The standard InChI is InChI=1S/C15H21O4S2/c1-18-12-3-4-13(19-2)14-11(12)7-10(17)8-15(14)20-5-6-21(15)9-16/h3-4,10,16-17H,5-9H2,1-2H3/q+1. The topological polar surface area (TPSA) is 58.9 Å². The predicted octanol–water partition coefficient (Wildman–Crippen LogP) is 1.48. The zero-order valence-electron chi connectivity index (χ0n) is 12.3. The van der Waals surface area contributed by atoms with Gasteiger partial charge in [0.15, 0.2) is 0 Å². The number of thioether (sulfide) groups is 1. The van der Waals surface area contributed by atoms with Crippen LogP contribution in [0.2, 0.25) is 0 Å². The number of rotatable bonds is 3. The molecule has 2 N–H and O–H groups in total. The molecule has 1 aliphatic heterocycles. The van der Waals surface area contributed by atoms with E-state index in [0.29, 0.717) is 12.8 Å². The summed E-state index contributed by atoms with van der Waals surface area (Å²) in [7, 11) is 3.17. The van der Waals surface area contributed by atoms with Crippen molar-refractivity contribution in [3.05, 3.63) is 23.3 Å². The minimum Gasteiger partial charge on any atom is -0.496 e. The number of aliphatic hydroxyl groups excluding tert-OH is 2. The number of methoxy groups -OCH3 is 2. The van der Waals surface area contributed by atoms with E-state index in [1.165, 1.54) is 0 Å². The molecule has 0 amide bonds. The number of ether oxygens (including phenoxy) is 2. The second-order valence-corrected chi connectivity index (χ2v) is 9.31. The largest absolute Gasteiger partial charge is 0.496 e. The van der Waals surface area contributed by atoms with Crippen molar-refractivity contribution < 1.29 is 19.7 Å². The molecule has 1 saturated heterocycles.